The third-order valence-corrected chi connectivity index (χ3v) is 11.8. The van der Waals surface area contributed by atoms with Gasteiger partial charge in [0.05, 0.1) is 0 Å². The van der Waals surface area contributed by atoms with Crippen LogP contribution in [0, 0.1) is 0 Å². The summed E-state index contributed by atoms with van der Waals surface area (Å²) in [6.07, 6.45) is 59.9. The number of unbranched alkanes of at least 4 members (excludes halogenated alkanes) is 32. The van der Waals surface area contributed by atoms with E-state index in [2.05, 4.69) is 57.2 Å². The summed E-state index contributed by atoms with van der Waals surface area (Å²) in [7, 11) is 0. The van der Waals surface area contributed by atoms with Crippen LogP contribution in [0.15, 0.2) is 36.5 Å². The van der Waals surface area contributed by atoms with Crippen molar-refractivity contribution in [1.82, 2.24) is 0 Å². The zero-order valence-corrected chi connectivity index (χ0v) is 41.4. The van der Waals surface area contributed by atoms with Gasteiger partial charge in [-0.05, 0) is 89.9 Å². The highest BCUT2D eigenvalue weighted by Gasteiger charge is 2.19. The van der Waals surface area contributed by atoms with Gasteiger partial charge in [0, 0.05) is 19.3 Å². The van der Waals surface area contributed by atoms with E-state index < -0.39 is 6.10 Å². The molecule has 0 aliphatic carbocycles. The van der Waals surface area contributed by atoms with Crippen molar-refractivity contribution in [3.8, 4) is 0 Å². The molecule has 6 heteroatoms. The minimum atomic E-state index is -0.779. The van der Waals surface area contributed by atoms with Crippen molar-refractivity contribution in [1.29, 1.82) is 0 Å². The van der Waals surface area contributed by atoms with Gasteiger partial charge < -0.3 is 14.2 Å². The molecule has 0 aromatic heterocycles. The number of allylic oxidation sites excluding steroid dienone is 6. The van der Waals surface area contributed by atoms with E-state index >= 15 is 0 Å². The molecule has 62 heavy (non-hydrogen) atoms. The average Bonchev–Trinajstić information content (AvgIpc) is 3.27. The van der Waals surface area contributed by atoms with Gasteiger partial charge >= 0.3 is 17.9 Å². The molecule has 0 saturated carbocycles. The molecule has 0 amide bonds. The van der Waals surface area contributed by atoms with Crippen molar-refractivity contribution < 1.29 is 28.6 Å². The first kappa shape index (κ1) is 59.6. The van der Waals surface area contributed by atoms with E-state index in [1.54, 1.807) is 0 Å². The first-order valence-corrected chi connectivity index (χ1v) is 27.0. The van der Waals surface area contributed by atoms with E-state index in [-0.39, 0.29) is 31.1 Å². The number of esters is 3. The Balaban J connectivity index is 4.34. The molecule has 0 aromatic rings. The van der Waals surface area contributed by atoms with Crippen LogP contribution in [0.1, 0.15) is 284 Å². The maximum absolute atomic E-state index is 12.8. The fourth-order valence-electron chi connectivity index (χ4n) is 7.71. The second-order valence-corrected chi connectivity index (χ2v) is 18.1. The molecular formula is C56H102O6. The number of rotatable bonds is 49. The van der Waals surface area contributed by atoms with Crippen molar-refractivity contribution in [2.75, 3.05) is 13.2 Å². The summed E-state index contributed by atoms with van der Waals surface area (Å²) in [6.45, 7) is 6.60. The van der Waals surface area contributed by atoms with E-state index in [0.29, 0.717) is 19.3 Å². The van der Waals surface area contributed by atoms with Crippen LogP contribution in [-0.2, 0) is 28.6 Å². The highest BCUT2D eigenvalue weighted by molar-refractivity contribution is 5.71. The van der Waals surface area contributed by atoms with Crippen LogP contribution < -0.4 is 0 Å². The third kappa shape index (κ3) is 48.7. The summed E-state index contributed by atoms with van der Waals surface area (Å²) in [5, 5.41) is 0. The molecule has 0 saturated heterocycles. The van der Waals surface area contributed by atoms with Crippen molar-refractivity contribution in [3.63, 3.8) is 0 Å². The van der Waals surface area contributed by atoms with E-state index in [1.807, 2.05) is 0 Å². The zero-order chi connectivity index (χ0) is 45.1. The fraction of sp³-hybridized carbons (Fsp3) is 0.839. The Kier molecular flexibility index (Phi) is 49.3. The predicted molar refractivity (Wildman–Crippen MR) is 266 cm³/mol. The molecule has 6 nitrogen and oxygen atoms in total. The normalized spacial score (nSPS) is 12.2. The quantitative estimate of drug-likeness (QED) is 0.0262. The zero-order valence-electron chi connectivity index (χ0n) is 41.4. The van der Waals surface area contributed by atoms with Gasteiger partial charge in [-0.15, -0.1) is 0 Å². The Morgan fingerprint density at radius 3 is 0.855 bits per heavy atom. The van der Waals surface area contributed by atoms with Crippen LogP contribution in [-0.4, -0.2) is 37.2 Å². The molecule has 0 aromatic carbocycles. The van der Waals surface area contributed by atoms with E-state index in [9.17, 15) is 14.4 Å². The molecule has 0 aliphatic heterocycles. The van der Waals surface area contributed by atoms with Crippen LogP contribution in [0.4, 0.5) is 0 Å². The molecule has 0 N–H and O–H groups in total. The highest BCUT2D eigenvalue weighted by Crippen LogP contribution is 2.15. The van der Waals surface area contributed by atoms with E-state index in [1.165, 1.54) is 173 Å². The highest BCUT2D eigenvalue weighted by atomic mass is 16.6. The molecule has 0 spiro atoms. The minimum absolute atomic E-state index is 0.0788. The van der Waals surface area contributed by atoms with Crippen molar-refractivity contribution in [2.24, 2.45) is 0 Å². The summed E-state index contributed by atoms with van der Waals surface area (Å²) >= 11 is 0. The SMILES string of the molecule is CCCC/C=C\CCCCCCCC(=O)OCC(COC(=O)CCCCCCCCC/C=C\CCCCCCCCC)OC(=O)CCCCCCC/C=C\CCCCCCCC. The van der Waals surface area contributed by atoms with Gasteiger partial charge in [-0.1, -0.05) is 211 Å². The third-order valence-electron chi connectivity index (χ3n) is 11.8. The molecular weight excluding hydrogens is 769 g/mol. The van der Waals surface area contributed by atoms with Crippen LogP contribution in [0.5, 0.6) is 0 Å². The largest absolute Gasteiger partial charge is 0.462 e. The summed E-state index contributed by atoms with van der Waals surface area (Å²) in [4.78, 5) is 38.0. The summed E-state index contributed by atoms with van der Waals surface area (Å²) in [5.41, 5.74) is 0. The van der Waals surface area contributed by atoms with Gasteiger partial charge in [0.2, 0.25) is 0 Å². The lowest BCUT2D eigenvalue weighted by Crippen LogP contribution is -2.30. The van der Waals surface area contributed by atoms with Gasteiger partial charge in [-0.2, -0.15) is 0 Å². The molecule has 1 unspecified atom stereocenters. The number of carbonyl (C=O) groups excluding carboxylic acids is 3. The van der Waals surface area contributed by atoms with Gasteiger partial charge in [0.1, 0.15) is 13.2 Å². The Labute approximate surface area is 385 Å². The molecule has 1 atom stereocenters. The maximum atomic E-state index is 12.8. The minimum Gasteiger partial charge on any atom is -0.462 e. The van der Waals surface area contributed by atoms with Crippen LogP contribution >= 0.6 is 0 Å². The first-order valence-electron chi connectivity index (χ1n) is 27.0. The number of hydrogen-bond donors (Lipinski definition) is 0. The van der Waals surface area contributed by atoms with Gasteiger partial charge in [-0.3, -0.25) is 14.4 Å². The van der Waals surface area contributed by atoms with Crippen molar-refractivity contribution >= 4 is 17.9 Å². The monoisotopic (exact) mass is 871 g/mol. The van der Waals surface area contributed by atoms with Gasteiger partial charge in [-0.25, -0.2) is 0 Å². The van der Waals surface area contributed by atoms with Crippen LogP contribution in [0.25, 0.3) is 0 Å². The lowest BCUT2D eigenvalue weighted by molar-refractivity contribution is -0.167. The van der Waals surface area contributed by atoms with Gasteiger partial charge in [0.25, 0.3) is 0 Å². The Morgan fingerprint density at radius 1 is 0.306 bits per heavy atom. The van der Waals surface area contributed by atoms with E-state index in [0.717, 1.165) is 70.6 Å². The first-order chi connectivity index (χ1) is 30.5. The number of ether oxygens (including phenoxy) is 3. The van der Waals surface area contributed by atoms with Gasteiger partial charge in [0.15, 0.2) is 6.10 Å². The summed E-state index contributed by atoms with van der Waals surface area (Å²) in [6, 6.07) is 0. The van der Waals surface area contributed by atoms with E-state index in [4.69, 9.17) is 14.2 Å². The predicted octanol–water partition coefficient (Wildman–Crippen LogP) is 17.7. The van der Waals surface area contributed by atoms with Crippen molar-refractivity contribution in [2.45, 2.75) is 290 Å². The molecule has 362 valence electrons. The molecule has 0 radical (unpaired) electrons. The average molecular weight is 871 g/mol. The molecule has 0 fully saturated rings. The Bertz CT molecular complexity index is 1050. The lowest BCUT2D eigenvalue weighted by Gasteiger charge is -2.18. The smallest absolute Gasteiger partial charge is 0.306 e. The molecule has 0 heterocycles. The topological polar surface area (TPSA) is 78.9 Å². The Morgan fingerprint density at radius 2 is 0.548 bits per heavy atom. The number of hydrogen-bond acceptors (Lipinski definition) is 6. The second kappa shape index (κ2) is 51.3. The standard InChI is InChI=1S/C56H102O6/c1-4-7-10-13-16-19-22-24-26-27-28-30-31-34-37-40-43-46-49-55(58)61-52-53(51-60-54(57)48-45-42-39-36-33-21-18-15-12-9-6-3)62-56(59)50-47-44-41-38-35-32-29-25-23-20-17-14-11-8-5-2/h15,18,25-27,29,53H,4-14,16-17,19-24,28,30-52H2,1-3H3/b18-15-,27-26-,29-25-. The molecule has 0 bridgehead atoms. The summed E-state index contributed by atoms with van der Waals surface area (Å²) in [5.74, 6) is -0.891. The second-order valence-electron chi connectivity index (χ2n) is 18.1. The summed E-state index contributed by atoms with van der Waals surface area (Å²) < 4.78 is 16.8. The lowest BCUT2D eigenvalue weighted by atomic mass is 10.1. The van der Waals surface area contributed by atoms with Crippen LogP contribution in [0.3, 0.4) is 0 Å². The molecule has 0 aliphatic rings. The maximum Gasteiger partial charge on any atom is 0.306 e. The Hall–Kier alpha value is -2.37. The van der Waals surface area contributed by atoms with Crippen LogP contribution in [0.2, 0.25) is 0 Å². The van der Waals surface area contributed by atoms with Crippen molar-refractivity contribution in [3.05, 3.63) is 36.5 Å². The number of carbonyl (C=O) groups is 3. The molecule has 0 rings (SSSR count). The fourth-order valence-corrected chi connectivity index (χ4v) is 7.71.